The van der Waals surface area contributed by atoms with Gasteiger partial charge in [0.1, 0.15) is 5.82 Å². The summed E-state index contributed by atoms with van der Waals surface area (Å²) in [5.74, 6) is 2.48. The zero-order chi connectivity index (χ0) is 12.3. The van der Waals surface area contributed by atoms with Gasteiger partial charge in [0.2, 0.25) is 5.88 Å². The molecule has 1 aliphatic heterocycles. The van der Waals surface area contributed by atoms with Crippen molar-refractivity contribution < 1.29 is 4.74 Å². The molecule has 2 heterocycles. The number of hydrogen-bond donors (Lipinski definition) is 0. The van der Waals surface area contributed by atoms with Crippen LogP contribution >= 0.6 is 15.9 Å². The molecule has 0 aliphatic carbocycles. The molecule has 2 unspecified atom stereocenters. The molecule has 94 valence electrons. The van der Waals surface area contributed by atoms with E-state index in [9.17, 15) is 0 Å². The van der Waals surface area contributed by atoms with E-state index in [0.29, 0.717) is 11.4 Å². The van der Waals surface area contributed by atoms with Crippen LogP contribution < -0.4 is 9.64 Å². The van der Waals surface area contributed by atoms with E-state index >= 15 is 0 Å². The minimum atomic E-state index is 0.550. The summed E-state index contributed by atoms with van der Waals surface area (Å²) in [6.45, 7) is 7.02. The lowest BCUT2D eigenvalue weighted by atomic mass is 9.99. The smallest absolute Gasteiger partial charge is 0.215 e. The minimum Gasteiger partial charge on any atom is -0.478 e. The Labute approximate surface area is 111 Å². The SMILES string of the molecule is CCOc1cccc(N2CCC(C)C(Br)C2)n1. The lowest BCUT2D eigenvalue weighted by molar-refractivity contribution is 0.326. The highest BCUT2D eigenvalue weighted by atomic mass is 79.9. The predicted octanol–water partition coefficient (Wildman–Crippen LogP) is 3.09. The summed E-state index contributed by atoms with van der Waals surface area (Å²) >= 11 is 3.74. The summed E-state index contributed by atoms with van der Waals surface area (Å²) in [6.07, 6.45) is 1.20. The Morgan fingerprint density at radius 3 is 3.06 bits per heavy atom. The van der Waals surface area contributed by atoms with Crippen LogP contribution in [-0.4, -0.2) is 29.5 Å². The van der Waals surface area contributed by atoms with E-state index in [0.717, 1.165) is 30.7 Å². The Morgan fingerprint density at radius 2 is 2.35 bits per heavy atom. The van der Waals surface area contributed by atoms with Gasteiger partial charge in [-0.15, -0.1) is 0 Å². The number of nitrogens with zero attached hydrogens (tertiary/aromatic N) is 2. The number of ether oxygens (including phenoxy) is 1. The van der Waals surface area contributed by atoms with Crippen LogP contribution in [0.2, 0.25) is 0 Å². The molecule has 0 bridgehead atoms. The molecule has 17 heavy (non-hydrogen) atoms. The number of halogens is 1. The van der Waals surface area contributed by atoms with Crippen molar-refractivity contribution >= 4 is 21.7 Å². The third-order valence-corrected chi connectivity index (χ3v) is 4.38. The molecule has 1 fully saturated rings. The van der Waals surface area contributed by atoms with Gasteiger partial charge in [0.15, 0.2) is 0 Å². The van der Waals surface area contributed by atoms with Crippen molar-refractivity contribution in [2.45, 2.75) is 25.1 Å². The van der Waals surface area contributed by atoms with E-state index in [1.165, 1.54) is 6.42 Å². The molecule has 1 aromatic heterocycles. The van der Waals surface area contributed by atoms with Crippen molar-refractivity contribution in [1.29, 1.82) is 0 Å². The average Bonchev–Trinajstić information content (AvgIpc) is 2.33. The van der Waals surface area contributed by atoms with Gasteiger partial charge in [-0.05, 0) is 25.3 Å². The number of pyridine rings is 1. The molecule has 1 saturated heterocycles. The Hall–Kier alpha value is -0.770. The molecule has 1 aromatic rings. The summed E-state index contributed by atoms with van der Waals surface area (Å²) in [7, 11) is 0. The van der Waals surface area contributed by atoms with E-state index in [2.05, 4.69) is 38.8 Å². The summed E-state index contributed by atoms with van der Waals surface area (Å²) in [4.78, 5) is 7.40. The van der Waals surface area contributed by atoms with Crippen molar-refractivity contribution in [3.05, 3.63) is 18.2 Å². The molecule has 0 amide bonds. The fourth-order valence-corrected chi connectivity index (χ4v) is 2.65. The van der Waals surface area contributed by atoms with Crippen LogP contribution in [0.5, 0.6) is 5.88 Å². The lowest BCUT2D eigenvalue weighted by Crippen LogP contribution is -2.40. The van der Waals surface area contributed by atoms with Crippen LogP contribution in [0.25, 0.3) is 0 Å². The second-order valence-corrected chi connectivity index (χ2v) is 5.67. The van der Waals surface area contributed by atoms with Gasteiger partial charge in [-0.25, -0.2) is 0 Å². The number of alkyl halides is 1. The van der Waals surface area contributed by atoms with Gasteiger partial charge in [-0.3, -0.25) is 0 Å². The summed E-state index contributed by atoms with van der Waals surface area (Å²) in [5.41, 5.74) is 0. The highest BCUT2D eigenvalue weighted by Gasteiger charge is 2.24. The van der Waals surface area contributed by atoms with Crippen LogP contribution in [0.4, 0.5) is 5.82 Å². The normalized spacial score (nSPS) is 24.8. The summed E-state index contributed by atoms with van der Waals surface area (Å²) in [5, 5.41) is 0. The van der Waals surface area contributed by atoms with E-state index in [-0.39, 0.29) is 0 Å². The first-order valence-electron chi connectivity index (χ1n) is 6.19. The predicted molar refractivity (Wildman–Crippen MR) is 74.1 cm³/mol. The number of hydrogen-bond acceptors (Lipinski definition) is 3. The van der Waals surface area contributed by atoms with E-state index in [1.54, 1.807) is 0 Å². The van der Waals surface area contributed by atoms with Crippen molar-refractivity contribution in [3.8, 4) is 5.88 Å². The standard InChI is InChI=1S/C13H19BrN2O/c1-3-17-13-6-4-5-12(15-13)16-8-7-10(2)11(14)9-16/h4-6,10-11H,3,7-9H2,1-2H3. The van der Waals surface area contributed by atoms with Gasteiger partial charge in [-0.1, -0.05) is 28.9 Å². The Balaban J connectivity index is 2.09. The average molecular weight is 299 g/mol. The van der Waals surface area contributed by atoms with Gasteiger partial charge in [-0.2, -0.15) is 4.98 Å². The molecule has 2 rings (SSSR count). The quantitative estimate of drug-likeness (QED) is 0.802. The topological polar surface area (TPSA) is 25.4 Å². The molecule has 0 aromatic carbocycles. The molecule has 4 heteroatoms. The van der Waals surface area contributed by atoms with E-state index in [4.69, 9.17) is 4.74 Å². The highest BCUT2D eigenvalue weighted by molar-refractivity contribution is 9.09. The largest absolute Gasteiger partial charge is 0.478 e. The molecule has 0 saturated carbocycles. The van der Waals surface area contributed by atoms with Gasteiger partial charge in [0, 0.05) is 24.0 Å². The second kappa shape index (κ2) is 5.71. The number of anilines is 1. The summed E-state index contributed by atoms with van der Waals surface area (Å²) < 4.78 is 5.44. The van der Waals surface area contributed by atoms with Crippen LogP contribution in [0.15, 0.2) is 18.2 Å². The van der Waals surface area contributed by atoms with Crippen LogP contribution in [-0.2, 0) is 0 Å². The fourth-order valence-electron chi connectivity index (χ4n) is 2.04. The molecule has 3 nitrogen and oxygen atoms in total. The third-order valence-electron chi connectivity index (χ3n) is 3.19. The highest BCUT2D eigenvalue weighted by Crippen LogP contribution is 2.27. The van der Waals surface area contributed by atoms with Gasteiger partial charge >= 0.3 is 0 Å². The Morgan fingerprint density at radius 1 is 1.53 bits per heavy atom. The van der Waals surface area contributed by atoms with Gasteiger partial charge < -0.3 is 9.64 Å². The molecular weight excluding hydrogens is 280 g/mol. The zero-order valence-electron chi connectivity index (χ0n) is 10.4. The maximum atomic E-state index is 5.44. The molecule has 2 atom stereocenters. The maximum absolute atomic E-state index is 5.44. The number of rotatable bonds is 3. The van der Waals surface area contributed by atoms with Gasteiger partial charge in [0.05, 0.1) is 6.61 Å². The zero-order valence-corrected chi connectivity index (χ0v) is 12.0. The van der Waals surface area contributed by atoms with Crippen LogP contribution in [0, 0.1) is 5.92 Å². The van der Waals surface area contributed by atoms with Crippen LogP contribution in [0.1, 0.15) is 20.3 Å². The molecule has 1 aliphatic rings. The lowest BCUT2D eigenvalue weighted by Gasteiger charge is -2.35. The fraction of sp³-hybridized carbons (Fsp3) is 0.615. The van der Waals surface area contributed by atoms with Crippen molar-refractivity contribution in [1.82, 2.24) is 4.98 Å². The third kappa shape index (κ3) is 3.12. The Bertz CT molecular complexity index is 372. The molecule has 0 spiro atoms. The van der Waals surface area contributed by atoms with Crippen molar-refractivity contribution in [2.24, 2.45) is 5.92 Å². The van der Waals surface area contributed by atoms with E-state index in [1.807, 2.05) is 19.1 Å². The summed E-state index contributed by atoms with van der Waals surface area (Å²) in [6, 6.07) is 5.97. The maximum Gasteiger partial charge on any atom is 0.215 e. The minimum absolute atomic E-state index is 0.550. The first-order valence-corrected chi connectivity index (χ1v) is 7.11. The van der Waals surface area contributed by atoms with Crippen molar-refractivity contribution in [2.75, 3.05) is 24.6 Å². The Kier molecular flexibility index (Phi) is 4.26. The first-order chi connectivity index (χ1) is 8.20. The molecule has 0 radical (unpaired) electrons. The van der Waals surface area contributed by atoms with E-state index < -0.39 is 0 Å². The monoisotopic (exact) mass is 298 g/mol. The van der Waals surface area contributed by atoms with Crippen LogP contribution in [0.3, 0.4) is 0 Å². The second-order valence-electron chi connectivity index (χ2n) is 4.50. The van der Waals surface area contributed by atoms with Gasteiger partial charge in [0.25, 0.3) is 0 Å². The van der Waals surface area contributed by atoms with Crippen molar-refractivity contribution in [3.63, 3.8) is 0 Å². The number of aromatic nitrogens is 1. The molecule has 0 N–H and O–H groups in total. The first kappa shape index (κ1) is 12.7. The number of piperidine rings is 1. The molecular formula is C13H19BrN2O.